The van der Waals surface area contributed by atoms with Gasteiger partial charge in [-0.3, -0.25) is 5.10 Å². The van der Waals surface area contributed by atoms with Gasteiger partial charge in [0, 0.05) is 17.4 Å². The van der Waals surface area contributed by atoms with E-state index >= 15 is 0 Å². The van der Waals surface area contributed by atoms with Crippen molar-refractivity contribution in [2.75, 3.05) is 5.32 Å². The lowest BCUT2D eigenvalue weighted by atomic mass is 9.94. The Morgan fingerprint density at radius 1 is 1.14 bits per heavy atom. The molecule has 0 radical (unpaired) electrons. The maximum Gasteiger partial charge on any atom is 0.319 e. The van der Waals surface area contributed by atoms with Crippen LogP contribution in [0.1, 0.15) is 23.2 Å². The molecular formula is C21H19N5O2. The number of fused-ring (bicyclic) bond motifs is 1. The molecule has 7 nitrogen and oxygen atoms in total. The fourth-order valence-corrected chi connectivity index (χ4v) is 3.23. The SMILES string of the molecule is N#Cc1ccc(Oc2ccc(NC(=O)N[C@@H]3CCc4[nH]ncc4C3)cc2)cc1. The molecule has 0 saturated heterocycles. The van der Waals surface area contributed by atoms with Crippen molar-refractivity contribution in [3.63, 3.8) is 0 Å². The number of rotatable bonds is 4. The molecule has 140 valence electrons. The average molecular weight is 373 g/mol. The Hall–Kier alpha value is -3.79. The third-order valence-electron chi connectivity index (χ3n) is 4.68. The van der Waals surface area contributed by atoms with E-state index in [2.05, 4.69) is 26.9 Å². The molecule has 0 unspecified atom stereocenters. The highest BCUT2D eigenvalue weighted by molar-refractivity contribution is 5.89. The molecular weight excluding hydrogens is 354 g/mol. The molecule has 3 N–H and O–H groups in total. The highest BCUT2D eigenvalue weighted by Crippen LogP contribution is 2.23. The number of hydrogen-bond donors (Lipinski definition) is 3. The average Bonchev–Trinajstić information content (AvgIpc) is 3.18. The van der Waals surface area contributed by atoms with Gasteiger partial charge in [0.05, 0.1) is 17.8 Å². The van der Waals surface area contributed by atoms with Crippen molar-refractivity contribution in [1.29, 1.82) is 5.26 Å². The monoisotopic (exact) mass is 373 g/mol. The minimum Gasteiger partial charge on any atom is -0.457 e. The first-order valence-corrected chi connectivity index (χ1v) is 9.06. The van der Waals surface area contributed by atoms with Crippen LogP contribution in [-0.2, 0) is 12.8 Å². The van der Waals surface area contributed by atoms with Gasteiger partial charge in [-0.15, -0.1) is 0 Å². The zero-order chi connectivity index (χ0) is 19.3. The van der Waals surface area contributed by atoms with Gasteiger partial charge in [-0.2, -0.15) is 10.4 Å². The second-order valence-corrected chi connectivity index (χ2v) is 6.67. The number of amides is 2. The molecule has 0 aliphatic heterocycles. The standard InChI is InChI=1S/C21H19N5O2/c22-12-14-1-6-18(7-2-14)28-19-8-3-16(4-9-19)24-21(27)25-17-5-10-20-15(11-17)13-23-26-20/h1-4,6-9,13,17H,5,10-11H2,(H,23,26)(H2,24,25,27)/t17-/m1/s1. The number of nitrogens with one attached hydrogen (secondary N) is 3. The number of aromatic nitrogens is 2. The predicted octanol–water partition coefficient (Wildman–Crippen LogP) is 3.75. The lowest BCUT2D eigenvalue weighted by Gasteiger charge is -2.23. The zero-order valence-electron chi connectivity index (χ0n) is 15.1. The summed E-state index contributed by atoms with van der Waals surface area (Å²) in [6.45, 7) is 0. The van der Waals surface area contributed by atoms with Crippen molar-refractivity contribution in [2.45, 2.75) is 25.3 Å². The molecule has 3 aromatic rings. The molecule has 0 saturated carbocycles. The van der Waals surface area contributed by atoms with E-state index in [4.69, 9.17) is 10.00 Å². The molecule has 0 bridgehead atoms. The Morgan fingerprint density at radius 3 is 2.57 bits per heavy atom. The molecule has 28 heavy (non-hydrogen) atoms. The van der Waals surface area contributed by atoms with Gasteiger partial charge in [-0.25, -0.2) is 4.79 Å². The number of nitriles is 1. The first kappa shape index (κ1) is 17.6. The van der Waals surface area contributed by atoms with E-state index in [9.17, 15) is 4.79 Å². The Labute approximate surface area is 162 Å². The molecule has 1 aliphatic carbocycles. The van der Waals surface area contributed by atoms with Crippen LogP contribution in [0.2, 0.25) is 0 Å². The lowest BCUT2D eigenvalue weighted by molar-refractivity contribution is 0.247. The molecule has 0 fully saturated rings. The van der Waals surface area contributed by atoms with E-state index in [-0.39, 0.29) is 12.1 Å². The molecule has 1 heterocycles. The summed E-state index contributed by atoms with van der Waals surface area (Å²) in [4.78, 5) is 12.3. The maximum absolute atomic E-state index is 12.3. The normalized spacial score (nSPS) is 15.2. The highest BCUT2D eigenvalue weighted by atomic mass is 16.5. The largest absolute Gasteiger partial charge is 0.457 e. The fraction of sp³-hybridized carbons (Fsp3) is 0.190. The molecule has 2 aromatic carbocycles. The lowest BCUT2D eigenvalue weighted by Crippen LogP contribution is -2.41. The predicted molar refractivity (Wildman–Crippen MR) is 104 cm³/mol. The van der Waals surface area contributed by atoms with Gasteiger partial charge in [-0.05, 0) is 73.4 Å². The van der Waals surface area contributed by atoms with E-state index < -0.39 is 0 Å². The molecule has 1 aliphatic rings. The van der Waals surface area contributed by atoms with Crippen LogP contribution >= 0.6 is 0 Å². The number of carbonyl (C=O) groups is 1. The molecule has 4 rings (SSSR count). The Bertz CT molecular complexity index is 1000. The third-order valence-corrected chi connectivity index (χ3v) is 4.68. The first-order valence-electron chi connectivity index (χ1n) is 9.06. The van der Waals surface area contributed by atoms with Gasteiger partial charge in [0.1, 0.15) is 11.5 Å². The van der Waals surface area contributed by atoms with Gasteiger partial charge in [-0.1, -0.05) is 0 Å². The summed E-state index contributed by atoms with van der Waals surface area (Å²) in [7, 11) is 0. The number of aromatic amines is 1. The molecule has 1 aromatic heterocycles. The minimum atomic E-state index is -0.224. The quantitative estimate of drug-likeness (QED) is 0.648. The number of aryl methyl sites for hydroxylation is 1. The van der Waals surface area contributed by atoms with Crippen molar-refractivity contribution < 1.29 is 9.53 Å². The summed E-state index contributed by atoms with van der Waals surface area (Å²) in [6, 6.07) is 16.0. The number of H-pyrrole nitrogens is 1. The molecule has 2 amide bonds. The fourth-order valence-electron chi connectivity index (χ4n) is 3.23. The topological polar surface area (TPSA) is 103 Å². The third kappa shape index (κ3) is 4.13. The minimum absolute atomic E-state index is 0.101. The van der Waals surface area contributed by atoms with Crippen LogP contribution in [0.3, 0.4) is 0 Å². The smallest absolute Gasteiger partial charge is 0.319 e. The number of anilines is 1. The van der Waals surface area contributed by atoms with Gasteiger partial charge in [0.2, 0.25) is 0 Å². The Morgan fingerprint density at radius 2 is 1.86 bits per heavy atom. The summed E-state index contributed by atoms with van der Waals surface area (Å²) in [6.07, 6.45) is 4.39. The number of carbonyl (C=O) groups excluding carboxylic acids is 1. The van der Waals surface area contributed by atoms with Crippen molar-refractivity contribution in [2.24, 2.45) is 0 Å². The molecule has 1 atom stereocenters. The summed E-state index contributed by atoms with van der Waals surface area (Å²) in [5.41, 5.74) is 3.60. The van der Waals surface area contributed by atoms with Crippen LogP contribution in [0.15, 0.2) is 54.7 Å². The van der Waals surface area contributed by atoms with Crippen LogP contribution in [0.5, 0.6) is 11.5 Å². The first-order chi connectivity index (χ1) is 13.7. The van der Waals surface area contributed by atoms with Crippen molar-refractivity contribution in [3.8, 4) is 17.6 Å². The maximum atomic E-state index is 12.3. The van der Waals surface area contributed by atoms with Crippen LogP contribution in [0.25, 0.3) is 0 Å². The number of benzene rings is 2. The molecule has 7 heteroatoms. The van der Waals surface area contributed by atoms with Crippen LogP contribution in [0.4, 0.5) is 10.5 Å². The van der Waals surface area contributed by atoms with Crippen LogP contribution in [0, 0.1) is 11.3 Å². The summed E-state index contributed by atoms with van der Waals surface area (Å²) < 4.78 is 5.74. The number of hydrogen-bond acceptors (Lipinski definition) is 4. The van der Waals surface area contributed by atoms with Gasteiger partial charge < -0.3 is 15.4 Å². The van der Waals surface area contributed by atoms with Crippen LogP contribution < -0.4 is 15.4 Å². The Kier molecular flexibility index (Phi) is 4.93. The van der Waals surface area contributed by atoms with Gasteiger partial charge in [0.25, 0.3) is 0 Å². The second-order valence-electron chi connectivity index (χ2n) is 6.67. The van der Waals surface area contributed by atoms with E-state index in [1.165, 1.54) is 5.56 Å². The molecule has 0 spiro atoms. The van der Waals surface area contributed by atoms with Crippen molar-refractivity contribution in [3.05, 3.63) is 71.5 Å². The second kappa shape index (κ2) is 7.84. The number of urea groups is 1. The van der Waals surface area contributed by atoms with Gasteiger partial charge >= 0.3 is 6.03 Å². The summed E-state index contributed by atoms with van der Waals surface area (Å²) >= 11 is 0. The van der Waals surface area contributed by atoms with Gasteiger partial charge in [0.15, 0.2) is 0 Å². The van der Waals surface area contributed by atoms with E-state index in [0.29, 0.717) is 22.7 Å². The zero-order valence-corrected chi connectivity index (χ0v) is 15.1. The number of nitrogens with zero attached hydrogens (tertiary/aromatic N) is 2. The Balaban J connectivity index is 1.30. The van der Waals surface area contributed by atoms with Crippen molar-refractivity contribution in [1.82, 2.24) is 15.5 Å². The highest BCUT2D eigenvalue weighted by Gasteiger charge is 2.21. The summed E-state index contributed by atoms with van der Waals surface area (Å²) in [5, 5.41) is 21.7. The van der Waals surface area contributed by atoms with E-state index in [1.54, 1.807) is 48.5 Å². The van der Waals surface area contributed by atoms with Crippen molar-refractivity contribution >= 4 is 11.7 Å². The van der Waals surface area contributed by atoms with E-state index in [0.717, 1.165) is 25.0 Å². The van der Waals surface area contributed by atoms with E-state index in [1.807, 2.05) is 6.20 Å². The van der Waals surface area contributed by atoms with Crippen LogP contribution in [-0.4, -0.2) is 22.3 Å². The number of ether oxygens (including phenoxy) is 1. The summed E-state index contributed by atoms with van der Waals surface area (Å²) in [5.74, 6) is 1.30.